The van der Waals surface area contributed by atoms with Crippen molar-refractivity contribution in [3.8, 4) is 0 Å². The summed E-state index contributed by atoms with van der Waals surface area (Å²) in [5, 5.41) is 13.3. The molecular weight excluding hydrogens is 271 g/mol. The molecule has 0 atom stereocenters. The van der Waals surface area contributed by atoms with Gasteiger partial charge in [0.2, 0.25) is 0 Å². The van der Waals surface area contributed by atoms with Crippen LogP contribution in [0, 0.1) is 10.1 Å². The summed E-state index contributed by atoms with van der Waals surface area (Å²) in [6.45, 7) is 0.337. The van der Waals surface area contributed by atoms with E-state index in [4.69, 9.17) is 0 Å². The van der Waals surface area contributed by atoms with Gasteiger partial charge in [-0.25, -0.2) is 4.98 Å². The molecule has 0 saturated heterocycles. The Hall–Kier alpha value is -1.51. The van der Waals surface area contributed by atoms with Crippen molar-refractivity contribution < 1.29 is 18.1 Å². The highest BCUT2D eigenvalue weighted by Crippen LogP contribution is 2.32. The molecule has 0 radical (unpaired) electrons. The quantitative estimate of drug-likeness (QED) is 0.510. The highest BCUT2D eigenvalue weighted by molar-refractivity contribution is 7.98. The van der Waals surface area contributed by atoms with E-state index in [0.29, 0.717) is 24.6 Å². The van der Waals surface area contributed by atoms with Gasteiger partial charge in [-0.2, -0.15) is 24.9 Å². The zero-order chi connectivity index (χ0) is 13.8. The lowest BCUT2D eigenvalue weighted by Gasteiger charge is -2.09. The second kappa shape index (κ2) is 5.89. The van der Waals surface area contributed by atoms with Crippen molar-refractivity contribution in [2.75, 3.05) is 23.9 Å². The lowest BCUT2D eigenvalue weighted by molar-refractivity contribution is -0.384. The van der Waals surface area contributed by atoms with Gasteiger partial charge in [0.25, 0.3) is 0 Å². The number of hydrogen-bond acceptors (Lipinski definition) is 5. The highest BCUT2D eigenvalue weighted by Gasteiger charge is 2.34. The summed E-state index contributed by atoms with van der Waals surface area (Å²) in [4.78, 5) is 12.9. The molecule has 18 heavy (non-hydrogen) atoms. The smallest absolute Gasteiger partial charge is 0.379 e. The first-order valence-corrected chi connectivity index (χ1v) is 6.20. The fourth-order valence-corrected chi connectivity index (χ4v) is 1.48. The molecule has 5 nitrogen and oxygen atoms in total. The Bertz CT molecular complexity index is 440. The molecule has 100 valence electrons. The molecule has 0 fully saturated rings. The number of anilines is 1. The number of nitro groups is 1. The van der Waals surface area contributed by atoms with Crippen LogP contribution >= 0.6 is 11.8 Å². The van der Waals surface area contributed by atoms with Crippen molar-refractivity contribution in [1.82, 2.24) is 4.98 Å². The number of halogens is 3. The Morgan fingerprint density at radius 2 is 2.22 bits per heavy atom. The largest absolute Gasteiger partial charge is 0.433 e. The molecule has 0 saturated carbocycles. The van der Waals surface area contributed by atoms with Gasteiger partial charge in [0.1, 0.15) is 17.6 Å². The third-order valence-electron chi connectivity index (χ3n) is 1.99. The fraction of sp³-hybridized carbons (Fsp3) is 0.444. The minimum absolute atomic E-state index is 0.170. The number of hydrogen-bond donors (Lipinski definition) is 1. The maximum Gasteiger partial charge on any atom is 0.433 e. The molecule has 1 N–H and O–H groups in total. The first-order valence-electron chi connectivity index (χ1n) is 4.80. The molecule has 1 aromatic rings. The second-order valence-electron chi connectivity index (χ2n) is 3.26. The summed E-state index contributed by atoms with van der Waals surface area (Å²) < 4.78 is 37.3. The summed E-state index contributed by atoms with van der Waals surface area (Å²) in [5.74, 6) is 0.626. The molecule has 0 bridgehead atoms. The van der Waals surface area contributed by atoms with Crippen LogP contribution in [0.5, 0.6) is 0 Å². The van der Waals surface area contributed by atoms with Gasteiger partial charge in [-0.3, -0.25) is 10.1 Å². The van der Waals surface area contributed by atoms with Crippen LogP contribution in [0.1, 0.15) is 5.69 Å². The van der Waals surface area contributed by atoms with Gasteiger partial charge in [-0.1, -0.05) is 0 Å². The number of aromatic nitrogens is 1. The molecule has 0 aliphatic heterocycles. The average molecular weight is 281 g/mol. The molecule has 1 heterocycles. The van der Waals surface area contributed by atoms with Gasteiger partial charge in [0.05, 0.1) is 4.92 Å². The van der Waals surface area contributed by atoms with Crippen molar-refractivity contribution in [2.24, 2.45) is 0 Å². The van der Waals surface area contributed by atoms with Crippen LogP contribution in [0.4, 0.5) is 24.5 Å². The van der Waals surface area contributed by atoms with Crippen molar-refractivity contribution in [3.05, 3.63) is 28.1 Å². The minimum atomic E-state index is -4.62. The third-order valence-corrected chi connectivity index (χ3v) is 2.60. The van der Waals surface area contributed by atoms with E-state index in [9.17, 15) is 23.3 Å². The van der Waals surface area contributed by atoms with Crippen molar-refractivity contribution in [1.29, 1.82) is 0 Å². The second-order valence-corrected chi connectivity index (χ2v) is 4.25. The normalized spacial score (nSPS) is 11.3. The van der Waals surface area contributed by atoms with Crippen molar-refractivity contribution in [3.63, 3.8) is 0 Å². The molecule has 0 aromatic carbocycles. The fourth-order valence-electron chi connectivity index (χ4n) is 1.18. The molecule has 0 amide bonds. The molecule has 1 aromatic heterocycles. The zero-order valence-corrected chi connectivity index (χ0v) is 10.1. The highest BCUT2D eigenvalue weighted by atomic mass is 32.2. The minimum Gasteiger partial charge on any atom is -0.379 e. The van der Waals surface area contributed by atoms with E-state index in [-0.39, 0.29) is 5.69 Å². The number of rotatable bonds is 5. The predicted octanol–water partition coefficient (Wildman–Crippen LogP) is 2.78. The van der Waals surface area contributed by atoms with E-state index >= 15 is 0 Å². The zero-order valence-electron chi connectivity index (χ0n) is 9.32. The van der Waals surface area contributed by atoms with Crippen LogP contribution in [0.25, 0.3) is 0 Å². The topological polar surface area (TPSA) is 68.1 Å². The van der Waals surface area contributed by atoms with Crippen LogP contribution in [0.3, 0.4) is 0 Å². The number of pyridine rings is 1. The van der Waals surface area contributed by atoms with Crippen molar-refractivity contribution >= 4 is 23.1 Å². The molecule has 0 aliphatic rings. The number of nitrogens with zero attached hydrogens (tertiary/aromatic N) is 2. The Labute approximate surface area is 105 Å². The Balaban J connectivity index is 3.04. The Morgan fingerprint density at radius 3 is 2.72 bits per heavy atom. The van der Waals surface area contributed by atoms with E-state index in [2.05, 4.69) is 10.3 Å². The SMILES string of the molecule is CSCCNc1cc(C(F)(F)F)ncc1[N+](=O)[O-]. The van der Waals surface area contributed by atoms with E-state index < -0.39 is 22.5 Å². The number of nitrogens with one attached hydrogen (secondary N) is 1. The van der Waals surface area contributed by atoms with E-state index in [1.54, 1.807) is 0 Å². The Kier molecular flexibility index (Phi) is 4.76. The summed E-state index contributed by atoms with van der Waals surface area (Å²) >= 11 is 1.47. The van der Waals surface area contributed by atoms with Crippen LogP contribution in [-0.4, -0.2) is 28.5 Å². The lowest BCUT2D eigenvalue weighted by Crippen LogP contribution is -2.12. The lowest BCUT2D eigenvalue weighted by atomic mass is 10.2. The first kappa shape index (κ1) is 14.6. The average Bonchev–Trinajstić information content (AvgIpc) is 2.27. The van der Waals surface area contributed by atoms with Crippen LogP contribution in [-0.2, 0) is 6.18 Å². The predicted molar refractivity (Wildman–Crippen MR) is 62.8 cm³/mol. The van der Waals surface area contributed by atoms with Crippen LogP contribution < -0.4 is 5.32 Å². The molecule has 0 unspecified atom stereocenters. The van der Waals surface area contributed by atoms with Gasteiger partial charge in [0, 0.05) is 12.3 Å². The maximum absolute atomic E-state index is 12.4. The molecule has 9 heteroatoms. The van der Waals surface area contributed by atoms with E-state index in [0.717, 1.165) is 0 Å². The van der Waals surface area contributed by atoms with E-state index in [1.807, 2.05) is 6.26 Å². The molecule has 1 rings (SSSR count). The monoisotopic (exact) mass is 281 g/mol. The van der Waals surface area contributed by atoms with Crippen LogP contribution in [0.2, 0.25) is 0 Å². The Morgan fingerprint density at radius 1 is 1.56 bits per heavy atom. The van der Waals surface area contributed by atoms with Crippen LogP contribution in [0.15, 0.2) is 12.3 Å². The number of alkyl halides is 3. The van der Waals surface area contributed by atoms with Gasteiger partial charge in [-0.15, -0.1) is 0 Å². The van der Waals surface area contributed by atoms with Gasteiger partial charge >= 0.3 is 11.9 Å². The summed E-state index contributed by atoms with van der Waals surface area (Å²) in [6.07, 6.45) is -2.18. The number of thioether (sulfide) groups is 1. The molecular formula is C9H10F3N3O2S. The standard InChI is InChI=1S/C9H10F3N3O2S/c1-18-3-2-13-6-4-8(9(10,11)12)14-5-7(6)15(16)17/h4-5H,2-3H2,1H3,(H,13,14). The molecule has 0 aliphatic carbocycles. The summed E-state index contributed by atoms with van der Waals surface area (Å²) in [7, 11) is 0. The third kappa shape index (κ3) is 3.76. The maximum atomic E-state index is 12.4. The van der Waals surface area contributed by atoms with Crippen molar-refractivity contribution in [2.45, 2.75) is 6.18 Å². The summed E-state index contributed by atoms with van der Waals surface area (Å²) in [5.41, 5.74) is -1.79. The van der Waals surface area contributed by atoms with E-state index in [1.165, 1.54) is 11.8 Å². The molecule has 0 spiro atoms. The van der Waals surface area contributed by atoms with Gasteiger partial charge in [0.15, 0.2) is 0 Å². The van der Waals surface area contributed by atoms with Gasteiger partial charge < -0.3 is 5.32 Å². The summed E-state index contributed by atoms with van der Waals surface area (Å²) in [6, 6.07) is 0.651. The van der Waals surface area contributed by atoms with Gasteiger partial charge in [-0.05, 0) is 12.3 Å². The first-order chi connectivity index (χ1) is 8.36.